The Kier molecular flexibility index (Phi) is 4.02. The first kappa shape index (κ1) is 14.5. The highest BCUT2D eigenvalue weighted by molar-refractivity contribution is 6.05. The number of amides is 1. The van der Waals surface area contributed by atoms with Gasteiger partial charge in [-0.2, -0.15) is 4.98 Å². The van der Waals surface area contributed by atoms with Crippen molar-refractivity contribution >= 4 is 11.5 Å². The molecule has 2 aromatic rings. The first-order chi connectivity index (χ1) is 10.7. The molecule has 1 amide bonds. The lowest BCUT2D eigenvalue weighted by atomic mass is 10.1. The topological polar surface area (TPSA) is 77.2 Å². The number of hydrogen-bond acceptors (Lipinski definition) is 5. The summed E-state index contributed by atoms with van der Waals surface area (Å²) >= 11 is 0. The van der Waals surface area contributed by atoms with Crippen molar-refractivity contribution in [2.24, 2.45) is 5.92 Å². The van der Waals surface area contributed by atoms with Gasteiger partial charge >= 0.3 is 0 Å². The van der Waals surface area contributed by atoms with E-state index >= 15 is 0 Å². The fourth-order valence-corrected chi connectivity index (χ4v) is 2.48. The van der Waals surface area contributed by atoms with E-state index in [4.69, 9.17) is 9.26 Å². The van der Waals surface area contributed by atoms with Gasteiger partial charge in [0.05, 0.1) is 12.5 Å². The van der Waals surface area contributed by atoms with Crippen molar-refractivity contribution in [3.8, 4) is 0 Å². The molecule has 0 radical (unpaired) electrons. The lowest BCUT2D eigenvalue weighted by molar-refractivity contribution is -0.121. The standard InChI is InChI=1S/C16H17N3O3/c1-10-14(11-6-4-3-5-7-11)15(10)16(20)17-8-12-18-13(9-21-2)22-19-12/h3-7,15H,8-9H2,1-2H3,(H,17,20). The van der Waals surface area contributed by atoms with Gasteiger partial charge in [-0.05, 0) is 18.1 Å². The number of carbonyl (C=O) groups is 1. The minimum Gasteiger partial charge on any atom is -0.375 e. The van der Waals surface area contributed by atoms with Crippen LogP contribution in [-0.4, -0.2) is 23.2 Å². The summed E-state index contributed by atoms with van der Waals surface area (Å²) in [6.07, 6.45) is 0. The van der Waals surface area contributed by atoms with E-state index in [2.05, 4.69) is 15.5 Å². The van der Waals surface area contributed by atoms with E-state index in [0.29, 0.717) is 11.7 Å². The maximum atomic E-state index is 12.2. The largest absolute Gasteiger partial charge is 0.375 e. The molecule has 1 heterocycles. The number of rotatable bonds is 6. The Labute approximate surface area is 128 Å². The van der Waals surface area contributed by atoms with Gasteiger partial charge in [0.25, 0.3) is 5.89 Å². The molecular weight excluding hydrogens is 282 g/mol. The molecule has 3 rings (SSSR count). The van der Waals surface area contributed by atoms with E-state index in [0.717, 1.165) is 16.7 Å². The Balaban J connectivity index is 1.55. The summed E-state index contributed by atoms with van der Waals surface area (Å²) in [5, 5.41) is 6.63. The van der Waals surface area contributed by atoms with Crippen LogP contribution in [0.3, 0.4) is 0 Å². The molecule has 1 aromatic carbocycles. The van der Waals surface area contributed by atoms with E-state index in [-0.39, 0.29) is 25.0 Å². The van der Waals surface area contributed by atoms with Crippen molar-refractivity contribution in [3.63, 3.8) is 0 Å². The average Bonchev–Trinajstić information content (AvgIpc) is 3.00. The highest BCUT2D eigenvalue weighted by atomic mass is 16.5. The Morgan fingerprint density at radius 2 is 2.14 bits per heavy atom. The Bertz CT molecular complexity index is 706. The quantitative estimate of drug-likeness (QED) is 0.882. The lowest BCUT2D eigenvalue weighted by Crippen LogP contribution is -2.26. The highest BCUT2D eigenvalue weighted by Gasteiger charge is 2.39. The average molecular weight is 299 g/mol. The molecular formula is C16H17N3O3. The fourth-order valence-electron chi connectivity index (χ4n) is 2.48. The molecule has 0 saturated heterocycles. The van der Waals surface area contributed by atoms with Crippen LogP contribution < -0.4 is 5.32 Å². The molecule has 0 saturated carbocycles. The van der Waals surface area contributed by atoms with Gasteiger partial charge in [0.15, 0.2) is 5.82 Å². The van der Waals surface area contributed by atoms with Crippen molar-refractivity contribution in [2.45, 2.75) is 20.1 Å². The normalized spacial score (nSPS) is 16.7. The van der Waals surface area contributed by atoms with Gasteiger partial charge in [-0.25, -0.2) is 0 Å². The molecule has 1 aromatic heterocycles. The van der Waals surface area contributed by atoms with Crippen LogP contribution in [0, 0.1) is 5.92 Å². The second kappa shape index (κ2) is 6.11. The van der Waals surface area contributed by atoms with Gasteiger partial charge in [0, 0.05) is 7.11 Å². The molecule has 0 bridgehead atoms. The number of nitrogens with one attached hydrogen (secondary N) is 1. The van der Waals surface area contributed by atoms with Crippen molar-refractivity contribution < 1.29 is 14.1 Å². The molecule has 1 atom stereocenters. The van der Waals surface area contributed by atoms with Crippen LogP contribution in [0.5, 0.6) is 0 Å². The number of aromatic nitrogens is 2. The van der Waals surface area contributed by atoms with Crippen LogP contribution in [0.1, 0.15) is 24.2 Å². The molecule has 114 valence electrons. The Hall–Kier alpha value is -2.47. The SMILES string of the molecule is COCc1nc(CNC(=O)C2C(C)=C2c2ccccc2)no1. The van der Waals surface area contributed by atoms with Crippen molar-refractivity contribution in [3.05, 3.63) is 53.2 Å². The van der Waals surface area contributed by atoms with Crippen LogP contribution in [0.4, 0.5) is 0 Å². The molecule has 0 aliphatic heterocycles. The first-order valence-corrected chi connectivity index (χ1v) is 7.05. The number of nitrogens with zero attached hydrogens (tertiary/aromatic N) is 2. The van der Waals surface area contributed by atoms with Crippen LogP contribution in [0.25, 0.3) is 5.57 Å². The third-order valence-corrected chi connectivity index (χ3v) is 3.61. The summed E-state index contributed by atoms with van der Waals surface area (Å²) in [5.74, 6) is 0.666. The van der Waals surface area contributed by atoms with Gasteiger partial charge in [-0.3, -0.25) is 4.79 Å². The predicted octanol–water partition coefficient (Wildman–Crippen LogP) is 1.94. The minimum absolute atomic E-state index is 0.0329. The van der Waals surface area contributed by atoms with E-state index in [1.54, 1.807) is 7.11 Å². The summed E-state index contributed by atoms with van der Waals surface area (Å²) in [4.78, 5) is 16.4. The third kappa shape index (κ3) is 2.92. The second-order valence-corrected chi connectivity index (χ2v) is 5.15. The summed E-state index contributed by atoms with van der Waals surface area (Å²) in [5.41, 5.74) is 3.31. The molecule has 22 heavy (non-hydrogen) atoms. The minimum atomic E-state index is -0.146. The lowest BCUT2D eigenvalue weighted by Gasteiger charge is -2.03. The zero-order valence-corrected chi connectivity index (χ0v) is 12.5. The molecule has 1 aliphatic carbocycles. The van der Waals surface area contributed by atoms with Crippen LogP contribution >= 0.6 is 0 Å². The van der Waals surface area contributed by atoms with Gasteiger partial charge in [-0.15, -0.1) is 0 Å². The van der Waals surface area contributed by atoms with E-state index in [9.17, 15) is 4.79 Å². The smallest absolute Gasteiger partial charge is 0.252 e. The number of hydrogen-bond donors (Lipinski definition) is 1. The monoisotopic (exact) mass is 299 g/mol. The molecule has 0 spiro atoms. The Morgan fingerprint density at radius 1 is 1.36 bits per heavy atom. The summed E-state index contributed by atoms with van der Waals surface area (Å²) in [6.45, 7) is 2.50. The maximum Gasteiger partial charge on any atom is 0.252 e. The number of ether oxygens (including phenoxy) is 1. The molecule has 0 fully saturated rings. The number of methoxy groups -OCH3 is 1. The second-order valence-electron chi connectivity index (χ2n) is 5.15. The van der Waals surface area contributed by atoms with E-state index in [1.165, 1.54) is 0 Å². The maximum absolute atomic E-state index is 12.2. The molecule has 6 heteroatoms. The van der Waals surface area contributed by atoms with Crippen molar-refractivity contribution in [1.29, 1.82) is 0 Å². The van der Waals surface area contributed by atoms with Gasteiger partial charge in [0.2, 0.25) is 5.91 Å². The molecule has 1 aliphatic rings. The molecule has 6 nitrogen and oxygen atoms in total. The summed E-state index contributed by atoms with van der Waals surface area (Å²) in [7, 11) is 1.55. The Morgan fingerprint density at radius 3 is 2.86 bits per heavy atom. The van der Waals surface area contributed by atoms with E-state index in [1.807, 2.05) is 37.3 Å². The van der Waals surface area contributed by atoms with Crippen molar-refractivity contribution in [2.75, 3.05) is 7.11 Å². The molecule has 1 N–H and O–H groups in total. The number of carbonyl (C=O) groups excluding carboxylic acids is 1. The first-order valence-electron chi connectivity index (χ1n) is 7.05. The molecule has 1 unspecified atom stereocenters. The predicted molar refractivity (Wildman–Crippen MR) is 79.4 cm³/mol. The number of benzene rings is 1. The van der Waals surface area contributed by atoms with Crippen LogP contribution in [-0.2, 0) is 22.7 Å². The summed E-state index contributed by atoms with van der Waals surface area (Å²) in [6, 6.07) is 9.94. The van der Waals surface area contributed by atoms with Gasteiger partial charge in [-0.1, -0.05) is 41.1 Å². The fraction of sp³-hybridized carbons (Fsp3) is 0.312. The van der Waals surface area contributed by atoms with E-state index < -0.39 is 0 Å². The van der Waals surface area contributed by atoms with Crippen LogP contribution in [0.15, 0.2) is 40.4 Å². The zero-order valence-electron chi connectivity index (χ0n) is 12.5. The third-order valence-electron chi connectivity index (χ3n) is 3.61. The van der Waals surface area contributed by atoms with Crippen LogP contribution in [0.2, 0.25) is 0 Å². The van der Waals surface area contributed by atoms with Crippen molar-refractivity contribution in [1.82, 2.24) is 15.5 Å². The van der Waals surface area contributed by atoms with Gasteiger partial charge in [0.1, 0.15) is 6.61 Å². The summed E-state index contributed by atoms with van der Waals surface area (Å²) < 4.78 is 9.88. The zero-order chi connectivity index (χ0) is 15.5. The highest BCUT2D eigenvalue weighted by Crippen LogP contribution is 2.46. The van der Waals surface area contributed by atoms with Gasteiger partial charge < -0.3 is 14.6 Å².